The van der Waals surface area contributed by atoms with Gasteiger partial charge < -0.3 is 9.32 Å². The molecule has 0 aliphatic heterocycles. The van der Waals surface area contributed by atoms with E-state index in [1.807, 2.05) is 12.1 Å². The van der Waals surface area contributed by atoms with Crippen LogP contribution in [0.15, 0.2) is 253 Å². The van der Waals surface area contributed by atoms with Gasteiger partial charge in [0.2, 0.25) is 0 Å². The van der Waals surface area contributed by atoms with Gasteiger partial charge in [0.15, 0.2) is 0 Å². The molecule has 2 heteroatoms. The summed E-state index contributed by atoms with van der Waals surface area (Å²) in [7, 11) is 0. The van der Waals surface area contributed by atoms with Crippen LogP contribution in [0.5, 0.6) is 0 Å². The van der Waals surface area contributed by atoms with E-state index in [0.717, 1.165) is 55.7 Å². The zero-order chi connectivity index (χ0) is 43.6. The van der Waals surface area contributed by atoms with E-state index < -0.39 is 0 Å². The second kappa shape index (κ2) is 15.5. The Kier molecular flexibility index (Phi) is 8.89. The molecule has 0 fully saturated rings. The summed E-state index contributed by atoms with van der Waals surface area (Å²) in [6.07, 6.45) is 0. The number of para-hydroxylation sites is 1. The topological polar surface area (TPSA) is 16.4 Å². The van der Waals surface area contributed by atoms with Crippen molar-refractivity contribution in [2.24, 2.45) is 0 Å². The van der Waals surface area contributed by atoms with Crippen molar-refractivity contribution < 1.29 is 4.42 Å². The summed E-state index contributed by atoms with van der Waals surface area (Å²) >= 11 is 0. The van der Waals surface area contributed by atoms with Crippen molar-refractivity contribution in [2.75, 3.05) is 4.90 Å². The lowest BCUT2D eigenvalue weighted by molar-refractivity contribution is 0.669. The van der Waals surface area contributed by atoms with Crippen LogP contribution in [-0.4, -0.2) is 0 Å². The first-order valence-corrected chi connectivity index (χ1v) is 22.6. The van der Waals surface area contributed by atoms with Gasteiger partial charge in [0.1, 0.15) is 11.2 Å². The first-order chi connectivity index (χ1) is 32.7. The number of benzene rings is 12. The molecule has 0 saturated carbocycles. The summed E-state index contributed by atoms with van der Waals surface area (Å²) in [5, 5.41) is 12.2. The molecule has 13 rings (SSSR count). The van der Waals surface area contributed by atoms with E-state index in [1.54, 1.807) is 0 Å². The molecule has 0 aliphatic carbocycles. The smallest absolute Gasteiger partial charge is 0.136 e. The standard InChI is InChI=1S/C64H41NO/c1-4-16-53-45(12-1)15-11-22-56(53)50-38-48-13-2-6-18-55(48)61(39-50)46-30-35-52(36-31-46)65(62-40-49-14-3-5-17-54(49)57-19-7-8-20-58(57)62)51-33-28-43(29-34-51)42-24-26-44(27-25-42)47-32-37-60-59-21-9-10-23-63(59)66-64(60)41-47/h1-41H. The highest BCUT2D eigenvalue weighted by atomic mass is 16.3. The van der Waals surface area contributed by atoms with Crippen LogP contribution < -0.4 is 4.90 Å². The maximum absolute atomic E-state index is 6.22. The van der Waals surface area contributed by atoms with Crippen LogP contribution in [0.2, 0.25) is 0 Å². The Morgan fingerprint density at radius 1 is 0.242 bits per heavy atom. The van der Waals surface area contributed by atoms with E-state index in [2.05, 4.69) is 241 Å². The van der Waals surface area contributed by atoms with E-state index in [4.69, 9.17) is 4.42 Å². The number of nitrogens with zero attached hydrogens (tertiary/aromatic N) is 1. The van der Waals surface area contributed by atoms with Crippen molar-refractivity contribution in [1.82, 2.24) is 0 Å². The van der Waals surface area contributed by atoms with Crippen molar-refractivity contribution in [1.29, 1.82) is 0 Å². The molecule has 66 heavy (non-hydrogen) atoms. The van der Waals surface area contributed by atoms with Crippen molar-refractivity contribution in [3.63, 3.8) is 0 Å². The minimum absolute atomic E-state index is 0.909. The molecule has 0 saturated heterocycles. The number of hydrogen-bond donors (Lipinski definition) is 0. The second-order valence-electron chi connectivity index (χ2n) is 17.2. The monoisotopic (exact) mass is 839 g/mol. The van der Waals surface area contributed by atoms with Gasteiger partial charge in [0.05, 0.1) is 5.69 Å². The molecule has 0 unspecified atom stereocenters. The first kappa shape index (κ1) is 37.8. The molecule has 0 radical (unpaired) electrons. The van der Waals surface area contributed by atoms with Crippen LogP contribution in [0.25, 0.3) is 110 Å². The zero-order valence-corrected chi connectivity index (χ0v) is 36.0. The average Bonchev–Trinajstić information content (AvgIpc) is 3.77. The van der Waals surface area contributed by atoms with E-state index in [0.29, 0.717) is 0 Å². The van der Waals surface area contributed by atoms with E-state index >= 15 is 0 Å². The normalized spacial score (nSPS) is 11.6. The second-order valence-corrected chi connectivity index (χ2v) is 17.2. The van der Waals surface area contributed by atoms with E-state index in [1.165, 1.54) is 70.9 Å². The van der Waals surface area contributed by atoms with Gasteiger partial charge in [-0.2, -0.15) is 0 Å². The Balaban J connectivity index is 0.896. The number of hydrogen-bond acceptors (Lipinski definition) is 2. The van der Waals surface area contributed by atoms with Crippen molar-refractivity contribution in [2.45, 2.75) is 0 Å². The number of fused-ring (bicyclic) bond motifs is 8. The van der Waals surface area contributed by atoms with Crippen molar-refractivity contribution in [3.8, 4) is 44.5 Å². The Morgan fingerprint density at radius 2 is 0.727 bits per heavy atom. The third-order valence-electron chi connectivity index (χ3n) is 13.4. The summed E-state index contributed by atoms with van der Waals surface area (Å²) in [4.78, 5) is 2.42. The highest BCUT2D eigenvalue weighted by Crippen LogP contribution is 2.44. The largest absolute Gasteiger partial charge is 0.456 e. The Hall–Kier alpha value is -8.72. The molecular weight excluding hydrogens is 799 g/mol. The van der Waals surface area contributed by atoms with Gasteiger partial charge in [-0.1, -0.05) is 188 Å². The van der Waals surface area contributed by atoms with Crippen LogP contribution in [0.4, 0.5) is 17.1 Å². The Morgan fingerprint density at radius 3 is 1.44 bits per heavy atom. The predicted molar refractivity (Wildman–Crippen MR) is 280 cm³/mol. The van der Waals surface area contributed by atoms with E-state index in [9.17, 15) is 0 Å². The predicted octanol–water partition coefficient (Wildman–Crippen LogP) is 18.3. The van der Waals surface area contributed by atoms with Gasteiger partial charge in [-0.3, -0.25) is 0 Å². The lowest BCUT2D eigenvalue weighted by atomic mass is 9.91. The fourth-order valence-corrected chi connectivity index (χ4v) is 10.2. The van der Waals surface area contributed by atoms with Crippen LogP contribution in [-0.2, 0) is 0 Å². The highest BCUT2D eigenvalue weighted by molar-refractivity contribution is 6.15. The summed E-state index contributed by atoms with van der Waals surface area (Å²) in [5.41, 5.74) is 14.6. The van der Waals surface area contributed by atoms with Gasteiger partial charge in [-0.05, 0) is 143 Å². The SMILES string of the molecule is c1ccc2c(-c3cc(-c4ccc(N(c5ccc(-c6ccc(-c7ccc8c(c7)oc7ccccc78)cc6)cc5)c5cc6ccccc6c6ccccc56)cc4)c4ccccc4c3)cccc2c1. The van der Waals surface area contributed by atoms with Crippen LogP contribution in [0.1, 0.15) is 0 Å². The maximum Gasteiger partial charge on any atom is 0.136 e. The van der Waals surface area contributed by atoms with Gasteiger partial charge in [0.25, 0.3) is 0 Å². The Bertz CT molecular complexity index is 3970. The number of rotatable bonds is 7. The lowest BCUT2D eigenvalue weighted by Gasteiger charge is -2.28. The summed E-state index contributed by atoms with van der Waals surface area (Å²) in [5.74, 6) is 0. The third kappa shape index (κ3) is 6.42. The molecule has 1 aromatic heterocycles. The van der Waals surface area contributed by atoms with Gasteiger partial charge in [-0.25, -0.2) is 0 Å². The number of anilines is 3. The molecule has 12 aromatic carbocycles. The van der Waals surface area contributed by atoms with E-state index in [-0.39, 0.29) is 0 Å². The highest BCUT2D eigenvalue weighted by Gasteiger charge is 2.19. The molecule has 2 nitrogen and oxygen atoms in total. The average molecular weight is 840 g/mol. The molecule has 0 atom stereocenters. The molecule has 0 amide bonds. The fraction of sp³-hybridized carbons (Fsp3) is 0. The van der Waals surface area contributed by atoms with Gasteiger partial charge >= 0.3 is 0 Å². The molecule has 13 aromatic rings. The third-order valence-corrected chi connectivity index (χ3v) is 13.4. The molecule has 0 spiro atoms. The number of furan rings is 1. The van der Waals surface area contributed by atoms with Crippen LogP contribution in [0, 0.1) is 0 Å². The van der Waals surface area contributed by atoms with Crippen LogP contribution in [0.3, 0.4) is 0 Å². The lowest BCUT2D eigenvalue weighted by Crippen LogP contribution is -2.10. The van der Waals surface area contributed by atoms with Gasteiger partial charge in [0, 0.05) is 27.5 Å². The first-order valence-electron chi connectivity index (χ1n) is 22.6. The minimum Gasteiger partial charge on any atom is -0.456 e. The zero-order valence-electron chi connectivity index (χ0n) is 36.0. The minimum atomic E-state index is 0.909. The molecule has 0 aliphatic rings. The van der Waals surface area contributed by atoms with Crippen LogP contribution >= 0.6 is 0 Å². The molecule has 0 N–H and O–H groups in total. The van der Waals surface area contributed by atoms with Gasteiger partial charge in [-0.15, -0.1) is 0 Å². The quantitative estimate of drug-likeness (QED) is 0.149. The molecule has 308 valence electrons. The fourth-order valence-electron chi connectivity index (χ4n) is 10.2. The van der Waals surface area contributed by atoms with Crippen molar-refractivity contribution >= 4 is 82.1 Å². The molecule has 0 bridgehead atoms. The Labute approximate surface area is 382 Å². The molecule has 1 heterocycles. The maximum atomic E-state index is 6.22. The summed E-state index contributed by atoms with van der Waals surface area (Å²) in [6.45, 7) is 0. The summed E-state index contributed by atoms with van der Waals surface area (Å²) in [6, 6.07) is 90.4. The van der Waals surface area contributed by atoms with Crippen molar-refractivity contribution in [3.05, 3.63) is 249 Å². The summed E-state index contributed by atoms with van der Waals surface area (Å²) < 4.78 is 6.22. The molecular formula is C64H41NO.